The molecule has 0 saturated carbocycles. The summed E-state index contributed by atoms with van der Waals surface area (Å²) in [5.41, 5.74) is 4.45. The summed E-state index contributed by atoms with van der Waals surface area (Å²) < 4.78 is 2.05. The van der Waals surface area contributed by atoms with Crippen molar-refractivity contribution in [3.8, 4) is 5.69 Å². The van der Waals surface area contributed by atoms with E-state index < -0.39 is 0 Å². The van der Waals surface area contributed by atoms with E-state index in [4.69, 9.17) is 5.10 Å². The second-order valence-electron chi connectivity index (χ2n) is 7.03. The average Bonchev–Trinajstić information content (AvgIpc) is 3.14. The van der Waals surface area contributed by atoms with Crippen molar-refractivity contribution < 1.29 is 0 Å². The third-order valence-electron chi connectivity index (χ3n) is 4.80. The van der Waals surface area contributed by atoms with E-state index in [0.29, 0.717) is 5.92 Å². The van der Waals surface area contributed by atoms with Crippen LogP contribution in [0.25, 0.3) is 16.5 Å². The molecule has 0 bridgehead atoms. The zero-order valence-corrected chi connectivity index (χ0v) is 16.0. The fourth-order valence-corrected chi connectivity index (χ4v) is 3.24. The number of nitrogens with zero attached hydrogens (tertiary/aromatic N) is 3. The van der Waals surface area contributed by atoms with Gasteiger partial charge in [0.2, 0.25) is 0 Å². The first kappa shape index (κ1) is 17.3. The van der Waals surface area contributed by atoms with Crippen LogP contribution in [-0.2, 0) is 6.42 Å². The normalized spacial score (nSPS) is 11.3. The summed E-state index contributed by atoms with van der Waals surface area (Å²) in [6, 6.07) is 20.9. The molecule has 0 saturated heterocycles. The van der Waals surface area contributed by atoms with Crippen molar-refractivity contribution in [3.05, 3.63) is 78.2 Å². The fourth-order valence-electron chi connectivity index (χ4n) is 3.24. The second-order valence-corrected chi connectivity index (χ2v) is 7.03. The molecule has 0 aliphatic carbocycles. The summed E-state index contributed by atoms with van der Waals surface area (Å²) in [5, 5.41) is 10.5. The number of pyridine rings is 1. The third-order valence-corrected chi connectivity index (χ3v) is 4.80. The van der Waals surface area contributed by atoms with E-state index in [1.54, 1.807) is 0 Å². The largest absolute Gasteiger partial charge is 0.340 e. The molecule has 1 N–H and O–H groups in total. The van der Waals surface area contributed by atoms with Crippen LogP contribution in [0.2, 0.25) is 0 Å². The van der Waals surface area contributed by atoms with Crippen molar-refractivity contribution in [1.82, 2.24) is 14.8 Å². The first-order chi connectivity index (χ1) is 13.2. The van der Waals surface area contributed by atoms with Crippen LogP contribution < -0.4 is 5.32 Å². The third kappa shape index (κ3) is 3.43. The quantitative estimate of drug-likeness (QED) is 0.488. The molecular weight excluding hydrogens is 332 g/mol. The lowest BCUT2D eigenvalue weighted by atomic mass is 10.1. The number of benzene rings is 2. The Morgan fingerprint density at radius 1 is 1.00 bits per heavy atom. The highest BCUT2D eigenvalue weighted by atomic mass is 15.3. The van der Waals surface area contributed by atoms with Crippen molar-refractivity contribution in [2.24, 2.45) is 0 Å². The lowest BCUT2D eigenvalue weighted by molar-refractivity contribution is 0.751. The molecule has 0 fully saturated rings. The van der Waals surface area contributed by atoms with Crippen molar-refractivity contribution in [3.63, 3.8) is 0 Å². The predicted octanol–water partition coefficient (Wildman–Crippen LogP) is 5.85. The van der Waals surface area contributed by atoms with Gasteiger partial charge in [-0.15, -0.1) is 0 Å². The maximum atomic E-state index is 4.79. The molecule has 136 valence electrons. The average molecular weight is 356 g/mol. The van der Waals surface area contributed by atoms with E-state index in [1.165, 1.54) is 11.1 Å². The van der Waals surface area contributed by atoms with Crippen molar-refractivity contribution >= 4 is 22.3 Å². The van der Waals surface area contributed by atoms with Gasteiger partial charge in [0.15, 0.2) is 0 Å². The van der Waals surface area contributed by atoms with E-state index >= 15 is 0 Å². The zero-order valence-electron chi connectivity index (χ0n) is 16.0. The Bertz CT molecular complexity index is 1060. The van der Waals surface area contributed by atoms with Crippen molar-refractivity contribution in [2.75, 3.05) is 5.32 Å². The van der Waals surface area contributed by atoms with Gasteiger partial charge < -0.3 is 5.32 Å². The van der Waals surface area contributed by atoms with Gasteiger partial charge in [-0.3, -0.25) is 0 Å². The Hall–Kier alpha value is -3.14. The van der Waals surface area contributed by atoms with E-state index in [0.717, 1.165) is 34.7 Å². The van der Waals surface area contributed by atoms with Gasteiger partial charge in [-0.05, 0) is 54.1 Å². The Kier molecular flexibility index (Phi) is 4.63. The Morgan fingerprint density at radius 2 is 1.78 bits per heavy atom. The van der Waals surface area contributed by atoms with Crippen LogP contribution in [0.5, 0.6) is 0 Å². The number of rotatable bonds is 5. The van der Waals surface area contributed by atoms with Crippen molar-refractivity contribution in [1.29, 1.82) is 0 Å². The van der Waals surface area contributed by atoms with Crippen LogP contribution >= 0.6 is 0 Å². The molecule has 2 aromatic heterocycles. The smallest absolute Gasteiger partial charge is 0.138 e. The topological polar surface area (TPSA) is 42.7 Å². The molecule has 0 spiro atoms. The monoisotopic (exact) mass is 356 g/mol. The van der Waals surface area contributed by atoms with Gasteiger partial charge in [0.05, 0.1) is 11.4 Å². The maximum Gasteiger partial charge on any atom is 0.138 e. The van der Waals surface area contributed by atoms with E-state index in [2.05, 4.69) is 78.2 Å². The number of fused-ring (bicyclic) bond motifs is 1. The molecule has 2 heterocycles. The van der Waals surface area contributed by atoms with Gasteiger partial charge in [-0.25, -0.2) is 9.67 Å². The van der Waals surface area contributed by atoms with Crippen LogP contribution in [0, 0.1) is 0 Å². The minimum Gasteiger partial charge on any atom is -0.340 e. The lowest BCUT2D eigenvalue weighted by Crippen LogP contribution is -2.02. The molecule has 0 aliphatic heterocycles. The van der Waals surface area contributed by atoms with Gasteiger partial charge in [0.1, 0.15) is 5.82 Å². The molecule has 0 atom stereocenters. The highest BCUT2D eigenvalue weighted by molar-refractivity contribution is 5.93. The maximum absolute atomic E-state index is 4.79. The molecule has 27 heavy (non-hydrogen) atoms. The lowest BCUT2D eigenvalue weighted by Gasteiger charge is -2.10. The van der Waals surface area contributed by atoms with E-state index in [9.17, 15) is 0 Å². The van der Waals surface area contributed by atoms with E-state index in [1.807, 2.05) is 24.4 Å². The number of hydrogen-bond donors (Lipinski definition) is 1. The van der Waals surface area contributed by atoms with Crippen molar-refractivity contribution in [2.45, 2.75) is 33.1 Å². The van der Waals surface area contributed by atoms with Crippen LogP contribution in [0.1, 0.15) is 38.1 Å². The Labute approximate surface area is 159 Å². The number of aryl methyl sites for hydroxylation is 1. The number of nitrogens with one attached hydrogen (secondary N) is 1. The van der Waals surface area contributed by atoms with Crippen LogP contribution in [-0.4, -0.2) is 14.8 Å². The standard InChI is InChI=1S/C23H24N4/c1-4-19-15-22(16(2)3)26-27(19)20-11-9-18(10-12-20)25-23-21-8-6-5-7-17(21)13-14-24-23/h5-16H,4H2,1-3H3,(H,24,25). The number of hydrogen-bond acceptors (Lipinski definition) is 3. The summed E-state index contributed by atoms with van der Waals surface area (Å²) in [5.74, 6) is 1.30. The second kappa shape index (κ2) is 7.23. The zero-order chi connectivity index (χ0) is 18.8. The molecule has 4 nitrogen and oxygen atoms in total. The minimum atomic E-state index is 0.426. The number of aromatic nitrogens is 3. The molecule has 4 aromatic rings. The van der Waals surface area contributed by atoms with Crippen LogP contribution in [0.4, 0.5) is 11.5 Å². The predicted molar refractivity (Wildman–Crippen MR) is 112 cm³/mol. The van der Waals surface area contributed by atoms with Gasteiger partial charge in [0, 0.05) is 23.0 Å². The van der Waals surface area contributed by atoms with E-state index in [-0.39, 0.29) is 0 Å². The summed E-state index contributed by atoms with van der Waals surface area (Å²) >= 11 is 0. The SMILES string of the molecule is CCc1cc(C(C)C)nn1-c1ccc(Nc2nccc3ccccc23)cc1. The Balaban J connectivity index is 1.63. The molecule has 0 amide bonds. The van der Waals surface area contributed by atoms with Gasteiger partial charge in [-0.2, -0.15) is 5.10 Å². The molecule has 0 unspecified atom stereocenters. The summed E-state index contributed by atoms with van der Waals surface area (Å²) in [4.78, 5) is 4.50. The molecule has 4 rings (SSSR count). The first-order valence-corrected chi connectivity index (χ1v) is 9.45. The van der Waals surface area contributed by atoms with Crippen LogP contribution in [0.3, 0.4) is 0 Å². The Morgan fingerprint density at radius 3 is 2.52 bits per heavy atom. The highest BCUT2D eigenvalue weighted by Gasteiger charge is 2.11. The van der Waals surface area contributed by atoms with Crippen LogP contribution in [0.15, 0.2) is 66.9 Å². The van der Waals surface area contributed by atoms with Gasteiger partial charge in [-0.1, -0.05) is 45.0 Å². The fraction of sp³-hybridized carbons (Fsp3) is 0.217. The molecular formula is C23H24N4. The van der Waals surface area contributed by atoms with Gasteiger partial charge in [0.25, 0.3) is 0 Å². The number of anilines is 2. The summed E-state index contributed by atoms with van der Waals surface area (Å²) in [7, 11) is 0. The summed E-state index contributed by atoms with van der Waals surface area (Å²) in [6.45, 7) is 6.52. The molecule has 0 radical (unpaired) electrons. The summed E-state index contributed by atoms with van der Waals surface area (Å²) in [6.07, 6.45) is 2.80. The highest BCUT2D eigenvalue weighted by Crippen LogP contribution is 2.25. The molecule has 0 aliphatic rings. The molecule has 4 heteroatoms. The minimum absolute atomic E-state index is 0.426. The first-order valence-electron chi connectivity index (χ1n) is 9.45. The molecule has 2 aromatic carbocycles. The van der Waals surface area contributed by atoms with Gasteiger partial charge >= 0.3 is 0 Å².